The molecule has 2 fully saturated rings. The molecule has 3 heterocycles. The second-order valence-corrected chi connectivity index (χ2v) is 8.68. The number of quaternary nitrogens is 1. The molecular weight excluding hydrogens is 352 g/mol. The van der Waals surface area contributed by atoms with Gasteiger partial charge in [-0.1, -0.05) is 0 Å². The van der Waals surface area contributed by atoms with E-state index in [1.54, 1.807) is 4.90 Å². The Bertz CT molecular complexity index is 973. The van der Waals surface area contributed by atoms with E-state index in [0.29, 0.717) is 12.0 Å². The van der Waals surface area contributed by atoms with Gasteiger partial charge in [0.15, 0.2) is 11.2 Å². The second-order valence-electron chi connectivity index (χ2n) is 8.68. The van der Waals surface area contributed by atoms with E-state index in [1.807, 2.05) is 17.6 Å². The van der Waals surface area contributed by atoms with Crippen molar-refractivity contribution in [2.24, 2.45) is 11.1 Å². The van der Waals surface area contributed by atoms with E-state index in [4.69, 9.17) is 11.1 Å². The average molecular weight is 384 g/mol. The van der Waals surface area contributed by atoms with Crippen LogP contribution in [-0.4, -0.2) is 48.2 Å². The van der Waals surface area contributed by atoms with E-state index in [-0.39, 0.29) is 11.2 Å². The number of primary amides is 1. The summed E-state index contributed by atoms with van der Waals surface area (Å²) in [5, 5.41) is 12.0. The number of amides is 1. The van der Waals surface area contributed by atoms with Crippen LogP contribution in [0.1, 0.15) is 40.9 Å². The molecule has 5 N–H and O–H groups in total. The number of hydrogen-bond donors (Lipinski definition) is 4. The molecule has 150 valence electrons. The van der Waals surface area contributed by atoms with E-state index >= 15 is 0 Å². The van der Waals surface area contributed by atoms with Crippen LogP contribution in [0.15, 0.2) is 12.1 Å². The summed E-state index contributed by atoms with van der Waals surface area (Å²) in [6, 6.07) is 4.06. The lowest BCUT2D eigenvalue weighted by Crippen LogP contribution is -3.11. The summed E-state index contributed by atoms with van der Waals surface area (Å²) >= 11 is 0. The third-order valence-electron chi connectivity index (χ3n) is 6.83. The van der Waals surface area contributed by atoms with Gasteiger partial charge in [-0.25, -0.2) is 4.98 Å². The number of aromatic nitrogens is 2. The van der Waals surface area contributed by atoms with Crippen molar-refractivity contribution in [1.29, 1.82) is 5.41 Å². The fourth-order valence-corrected chi connectivity index (χ4v) is 4.93. The summed E-state index contributed by atoms with van der Waals surface area (Å²) in [6.45, 7) is 10.4. The molecule has 2 saturated heterocycles. The maximum atomic E-state index is 11.8. The number of likely N-dealkylation sites (tertiary alicyclic amines) is 1. The van der Waals surface area contributed by atoms with Crippen molar-refractivity contribution in [2.45, 2.75) is 39.7 Å². The van der Waals surface area contributed by atoms with Gasteiger partial charge < -0.3 is 20.5 Å². The van der Waals surface area contributed by atoms with Crippen molar-refractivity contribution in [2.75, 3.05) is 32.7 Å². The molecule has 0 aliphatic carbocycles. The predicted molar refractivity (Wildman–Crippen MR) is 108 cm³/mol. The smallest absolute Gasteiger partial charge is 0.271 e. The number of carbonyl (C=O) groups is 1. The van der Waals surface area contributed by atoms with Crippen molar-refractivity contribution < 1.29 is 9.69 Å². The van der Waals surface area contributed by atoms with Gasteiger partial charge in [-0.05, 0) is 63.0 Å². The lowest BCUT2D eigenvalue weighted by atomic mass is 9.78. The molecule has 0 saturated carbocycles. The Morgan fingerprint density at radius 2 is 2.00 bits per heavy atom. The number of hydrogen-bond acceptors (Lipinski definition) is 4. The predicted octanol–water partition coefficient (Wildman–Crippen LogP) is -0.110. The Hall–Kier alpha value is -2.25. The first-order chi connectivity index (χ1) is 13.4. The van der Waals surface area contributed by atoms with Crippen LogP contribution in [0.4, 0.5) is 0 Å². The van der Waals surface area contributed by atoms with E-state index in [2.05, 4.69) is 23.3 Å². The Morgan fingerprint density at radius 1 is 1.29 bits per heavy atom. The van der Waals surface area contributed by atoms with Crippen molar-refractivity contribution in [1.82, 2.24) is 14.9 Å². The first-order valence-corrected chi connectivity index (χ1v) is 10.3. The maximum Gasteiger partial charge on any atom is 0.271 e. The molecule has 1 unspecified atom stereocenters. The first kappa shape index (κ1) is 19.1. The highest BCUT2D eigenvalue weighted by Crippen LogP contribution is 2.32. The second kappa shape index (κ2) is 7.29. The molecule has 0 bridgehead atoms. The van der Waals surface area contributed by atoms with Crippen LogP contribution in [0, 0.1) is 24.7 Å². The molecule has 1 amide bonds. The third-order valence-corrected chi connectivity index (χ3v) is 6.83. The zero-order chi connectivity index (χ0) is 19.9. The number of nitrogens with zero attached hydrogens (tertiary/aromatic N) is 2. The van der Waals surface area contributed by atoms with Crippen molar-refractivity contribution >= 4 is 16.9 Å². The van der Waals surface area contributed by atoms with Crippen molar-refractivity contribution in [3.8, 4) is 0 Å². The Balaban J connectivity index is 1.62. The first-order valence-electron chi connectivity index (χ1n) is 10.3. The van der Waals surface area contributed by atoms with Crippen molar-refractivity contribution in [3.05, 3.63) is 34.4 Å². The van der Waals surface area contributed by atoms with Gasteiger partial charge in [-0.2, -0.15) is 0 Å². The van der Waals surface area contributed by atoms with E-state index in [0.717, 1.165) is 41.8 Å². The number of carbonyl (C=O) groups excluding carboxylic acids is 1. The van der Waals surface area contributed by atoms with E-state index in [9.17, 15) is 4.79 Å². The van der Waals surface area contributed by atoms with Crippen molar-refractivity contribution in [3.63, 3.8) is 0 Å². The summed E-state index contributed by atoms with van der Waals surface area (Å²) in [5.41, 5.74) is 10.1. The van der Waals surface area contributed by atoms with Crippen LogP contribution in [0.2, 0.25) is 0 Å². The fourth-order valence-electron chi connectivity index (χ4n) is 4.93. The minimum Gasteiger partial charge on any atom is -0.364 e. The van der Waals surface area contributed by atoms with Gasteiger partial charge in [0.25, 0.3) is 5.91 Å². The lowest BCUT2D eigenvalue weighted by molar-refractivity contribution is -0.891. The Morgan fingerprint density at radius 3 is 2.71 bits per heavy atom. The van der Waals surface area contributed by atoms with Crippen LogP contribution in [-0.2, 0) is 6.54 Å². The Labute approximate surface area is 165 Å². The molecule has 4 rings (SSSR count). The molecule has 1 aromatic carbocycles. The lowest BCUT2D eigenvalue weighted by Gasteiger charge is -2.31. The third kappa shape index (κ3) is 3.44. The zero-order valence-electron chi connectivity index (χ0n) is 16.9. The SMILES string of the molecule is Cc1cc2nc(C(N)=O)c(=N)n(CC[NH+]3CCC4(CCNCC4)C3)c2cc1C. The maximum absolute atomic E-state index is 11.8. The zero-order valence-corrected chi connectivity index (χ0v) is 16.9. The normalized spacial score (nSPS) is 21.4. The standard InChI is InChI=1S/C21H30N6O/c1-14-11-16-17(12-15(14)2)27(19(22)18(25-16)20(23)28)10-9-26-8-5-21(13-26)3-6-24-7-4-21/h11-12,22,24H,3-10,13H2,1-2H3,(H2,23,28)/p+1. The van der Waals surface area contributed by atoms with Gasteiger partial charge in [0.05, 0.1) is 37.2 Å². The molecule has 2 aliphatic heterocycles. The van der Waals surface area contributed by atoms with Gasteiger partial charge >= 0.3 is 0 Å². The molecule has 1 spiro atoms. The monoisotopic (exact) mass is 383 g/mol. The van der Waals surface area contributed by atoms with Gasteiger partial charge in [0.2, 0.25) is 0 Å². The number of aryl methyl sites for hydroxylation is 2. The van der Waals surface area contributed by atoms with E-state index < -0.39 is 5.91 Å². The van der Waals surface area contributed by atoms with Crippen LogP contribution in [0.5, 0.6) is 0 Å². The molecule has 7 nitrogen and oxygen atoms in total. The van der Waals surface area contributed by atoms with Crippen LogP contribution >= 0.6 is 0 Å². The quantitative estimate of drug-likeness (QED) is 0.593. The molecule has 2 aliphatic rings. The summed E-state index contributed by atoms with van der Waals surface area (Å²) in [6.07, 6.45) is 3.84. The number of nitrogens with two attached hydrogens (primary N) is 1. The van der Waals surface area contributed by atoms with Crippen LogP contribution in [0.3, 0.4) is 0 Å². The molecule has 28 heavy (non-hydrogen) atoms. The van der Waals surface area contributed by atoms with Crippen LogP contribution < -0.4 is 21.4 Å². The summed E-state index contributed by atoms with van der Waals surface area (Å²) in [7, 11) is 0. The molecule has 1 aromatic heterocycles. The van der Waals surface area contributed by atoms with Gasteiger partial charge in [-0.15, -0.1) is 0 Å². The highest BCUT2D eigenvalue weighted by atomic mass is 16.1. The summed E-state index contributed by atoms with van der Waals surface area (Å²) in [5.74, 6) is -0.638. The molecule has 0 radical (unpaired) electrons. The summed E-state index contributed by atoms with van der Waals surface area (Å²) < 4.78 is 1.93. The number of piperidine rings is 1. The molecule has 1 atom stereocenters. The minimum atomic E-state index is -0.638. The molecular formula is C21H31N6O+. The summed E-state index contributed by atoms with van der Waals surface area (Å²) in [4.78, 5) is 17.8. The highest BCUT2D eigenvalue weighted by molar-refractivity contribution is 5.92. The van der Waals surface area contributed by atoms with E-state index in [1.165, 1.54) is 32.4 Å². The Kier molecular flexibility index (Phi) is 4.97. The fraction of sp³-hybridized carbons (Fsp3) is 0.571. The highest BCUT2D eigenvalue weighted by Gasteiger charge is 2.41. The van der Waals surface area contributed by atoms with Gasteiger partial charge in [-0.3, -0.25) is 10.2 Å². The van der Waals surface area contributed by atoms with Gasteiger partial charge in [0, 0.05) is 11.8 Å². The van der Waals surface area contributed by atoms with Gasteiger partial charge in [0.1, 0.15) is 0 Å². The largest absolute Gasteiger partial charge is 0.364 e. The van der Waals surface area contributed by atoms with Crippen LogP contribution in [0.25, 0.3) is 11.0 Å². The average Bonchev–Trinajstić information content (AvgIpc) is 3.05. The molecule has 7 heteroatoms. The number of nitrogens with one attached hydrogen (secondary N) is 3. The number of benzene rings is 1. The number of rotatable bonds is 4. The topological polar surface area (TPSA) is 101 Å². The molecule has 2 aromatic rings. The number of fused-ring (bicyclic) bond motifs is 1. The minimum absolute atomic E-state index is 0.0574.